The summed E-state index contributed by atoms with van der Waals surface area (Å²) in [5.74, 6) is 0.500. The fourth-order valence-electron chi connectivity index (χ4n) is 1.98. The molecule has 0 unspecified atom stereocenters. The fourth-order valence-corrected chi connectivity index (χ4v) is 1.98. The number of nitrogens with zero attached hydrogens (tertiary/aromatic N) is 5. The average molecular weight is 339 g/mol. The zero-order valence-corrected chi connectivity index (χ0v) is 12.8. The summed E-state index contributed by atoms with van der Waals surface area (Å²) in [5, 5.41) is 28.7. The lowest BCUT2D eigenvalue weighted by Gasteiger charge is -2.05. The zero-order chi connectivity index (χ0) is 17.5. The number of aromatic nitrogens is 5. The smallest absolute Gasteiger partial charge is 0.410 e. The third kappa shape index (κ3) is 4.34. The van der Waals surface area contributed by atoms with Gasteiger partial charge in [0.15, 0.2) is 12.3 Å². The minimum atomic E-state index is -1.19. The Morgan fingerprint density at radius 3 is 2.76 bits per heavy atom. The molecule has 3 N–H and O–H groups in total. The Morgan fingerprint density at radius 1 is 1.20 bits per heavy atom. The third-order valence-electron chi connectivity index (χ3n) is 3.01. The normalized spacial score (nSPS) is 11.1. The van der Waals surface area contributed by atoms with Gasteiger partial charge in [0.2, 0.25) is 5.82 Å². The van der Waals surface area contributed by atoms with E-state index in [9.17, 15) is 4.79 Å². The predicted octanol–water partition coefficient (Wildman–Crippen LogP) is 1.65. The summed E-state index contributed by atoms with van der Waals surface area (Å²) >= 11 is 0. The lowest BCUT2D eigenvalue weighted by atomic mass is 10.1. The number of hydrogen-bond donors (Lipinski definition) is 3. The average Bonchev–Trinajstić information content (AvgIpc) is 3.13. The highest BCUT2D eigenvalue weighted by molar-refractivity contribution is 6.10. The number of benzene rings is 1. The summed E-state index contributed by atoms with van der Waals surface area (Å²) in [4.78, 5) is 20.1. The van der Waals surface area contributed by atoms with E-state index in [0.717, 1.165) is 5.56 Å². The van der Waals surface area contributed by atoms with Crippen molar-refractivity contribution in [3.63, 3.8) is 0 Å². The zero-order valence-electron chi connectivity index (χ0n) is 12.8. The number of pyridine rings is 1. The van der Waals surface area contributed by atoms with Gasteiger partial charge in [-0.05, 0) is 17.3 Å². The Kier molecular flexibility index (Phi) is 4.90. The maximum absolute atomic E-state index is 10.6. The van der Waals surface area contributed by atoms with Gasteiger partial charge in [-0.1, -0.05) is 41.6 Å². The molecule has 0 radical (unpaired) electrons. The van der Waals surface area contributed by atoms with Gasteiger partial charge < -0.3 is 9.94 Å². The van der Waals surface area contributed by atoms with Gasteiger partial charge in [0.05, 0.1) is 5.69 Å². The van der Waals surface area contributed by atoms with Crippen molar-refractivity contribution in [3.8, 4) is 0 Å². The maximum atomic E-state index is 10.6. The van der Waals surface area contributed by atoms with Crippen LogP contribution in [0.15, 0.2) is 53.7 Å². The highest BCUT2D eigenvalue weighted by Gasteiger charge is 2.12. The number of carboxylic acid groups (broad SMARTS) is 1. The van der Waals surface area contributed by atoms with Crippen LogP contribution < -0.4 is 5.32 Å². The molecule has 0 aliphatic heterocycles. The quantitative estimate of drug-likeness (QED) is 0.458. The number of amides is 1. The second kappa shape index (κ2) is 7.64. The van der Waals surface area contributed by atoms with Crippen molar-refractivity contribution >= 4 is 17.6 Å². The number of hydrogen-bond acceptors (Lipinski definition) is 7. The number of aromatic amines is 1. The molecular weight excluding hydrogens is 326 g/mol. The molecule has 0 atom stereocenters. The van der Waals surface area contributed by atoms with Crippen molar-refractivity contribution in [2.45, 2.75) is 6.61 Å². The molecule has 25 heavy (non-hydrogen) atoms. The number of anilines is 1. The van der Waals surface area contributed by atoms with Crippen molar-refractivity contribution < 1.29 is 14.7 Å². The van der Waals surface area contributed by atoms with Crippen LogP contribution in [-0.2, 0) is 11.4 Å². The van der Waals surface area contributed by atoms with Gasteiger partial charge in [-0.2, -0.15) is 5.21 Å². The lowest BCUT2D eigenvalue weighted by molar-refractivity contribution is 0.128. The van der Waals surface area contributed by atoms with Crippen LogP contribution in [0.3, 0.4) is 0 Å². The fraction of sp³-hybridized carbons (Fsp3) is 0.0667. The number of rotatable bonds is 6. The summed E-state index contributed by atoms with van der Waals surface area (Å²) < 4.78 is 0. The first-order valence-corrected chi connectivity index (χ1v) is 7.17. The van der Waals surface area contributed by atoms with E-state index in [1.54, 1.807) is 12.1 Å². The van der Waals surface area contributed by atoms with Gasteiger partial charge in [-0.25, -0.2) is 9.78 Å². The van der Waals surface area contributed by atoms with Crippen LogP contribution in [-0.4, -0.2) is 42.5 Å². The molecule has 1 aromatic carbocycles. The summed E-state index contributed by atoms with van der Waals surface area (Å²) in [6.45, 7) is 0.0450. The van der Waals surface area contributed by atoms with E-state index < -0.39 is 6.09 Å². The third-order valence-corrected chi connectivity index (χ3v) is 3.01. The molecule has 0 saturated heterocycles. The molecule has 10 heteroatoms. The minimum absolute atomic E-state index is 0.0450. The van der Waals surface area contributed by atoms with Gasteiger partial charge in [0.1, 0.15) is 5.82 Å². The molecule has 0 aliphatic rings. The van der Waals surface area contributed by atoms with Gasteiger partial charge in [0.25, 0.3) is 0 Å². The maximum Gasteiger partial charge on any atom is 0.410 e. The standard InChI is InChI=1S/C15H13N7O3/c23-15(24)17-12-8-4-7-11(16-12)9-25-20-13(14-18-21-22-19-14)10-5-2-1-3-6-10/h1-8H,9H2,(H,16,17)(H,23,24)(H,18,19,21,22)/b20-13-. The molecule has 2 aromatic heterocycles. The number of oxime groups is 1. The molecular formula is C15H13N7O3. The largest absolute Gasteiger partial charge is 0.465 e. The van der Waals surface area contributed by atoms with E-state index in [0.29, 0.717) is 17.2 Å². The van der Waals surface area contributed by atoms with Crippen LogP contribution in [0.4, 0.5) is 10.6 Å². The molecule has 2 heterocycles. The highest BCUT2D eigenvalue weighted by atomic mass is 16.6. The lowest BCUT2D eigenvalue weighted by Crippen LogP contribution is -2.10. The van der Waals surface area contributed by atoms with Crippen LogP contribution >= 0.6 is 0 Å². The van der Waals surface area contributed by atoms with Crippen LogP contribution in [0.5, 0.6) is 0 Å². The van der Waals surface area contributed by atoms with Crippen LogP contribution in [0.2, 0.25) is 0 Å². The first-order valence-electron chi connectivity index (χ1n) is 7.17. The van der Waals surface area contributed by atoms with Gasteiger partial charge in [-0.15, -0.1) is 10.2 Å². The second-order valence-electron chi connectivity index (χ2n) is 4.76. The summed E-state index contributed by atoms with van der Waals surface area (Å²) in [7, 11) is 0. The SMILES string of the molecule is O=C(O)Nc1cccc(CO/N=C(/c2ccccc2)c2nn[nH]n2)n1. The van der Waals surface area contributed by atoms with Crippen LogP contribution in [0.25, 0.3) is 0 Å². The first kappa shape index (κ1) is 16.1. The summed E-state index contributed by atoms with van der Waals surface area (Å²) in [6, 6.07) is 14.2. The monoisotopic (exact) mass is 339 g/mol. The second-order valence-corrected chi connectivity index (χ2v) is 4.76. The summed E-state index contributed by atoms with van der Waals surface area (Å²) in [5.41, 5.74) is 1.68. The van der Waals surface area contributed by atoms with E-state index in [1.165, 1.54) is 6.07 Å². The van der Waals surface area contributed by atoms with E-state index >= 15 is 0 Å². The molecule has 0 bridgehead atoms. The predicted molar refractivity (Wildman–Crippen MR) is 86.9 cm³/mol. The van der Waals surface area contributed by atoms with E-state index in [4.69, 9.17) is 9.94 Å². The number of nitrogens with one attached hydrogen (secondary N) is 2. The first-order chi connectivity index (χ1) is 12.2. The Hall–Kier alpha value is -3.82. The number of tetrazole rings is 1. The molecule has 0 saturated carbocycles. The van der Waals surface area contributed by atoms with Crippen molar-refractivity contribution in [1.82, 2.24) is 25.6 Å². The number of carbonyl (C=O) groups is 1. The number of H-pyrrole nitrogens is 1. The van der Waals surface area contributed by atoms with Crippen molar-refractivity contribution in [2.75, 3.05) is 5.32 Å². The van der Waals surface area contributed by atoms with E-state index in [2.05, 4.69) is 36.1 Å². The molecule has 3 rings (SSSR count). The van der Waals surface area contributed by atoms with Crippen molar-refractivity contribution in [2.24, 2.45) is 5.16 Å². The molecule has 126 valence electrons. The van der Waals surface area contributed by atoms with Crippen molar-refractivity contribution in [1.29, 1.82) is 0 Å². The molecule has 10 nitrogen and oxygen atoms in total. The Bertz CT molecular complexity index is 866. The highest BCUT2D eigenvalue weighted by Crippen LogP contribution is 2.09. The molecule has 3 aromatic rings. The van der Waals surface area contributed by atoms with Crippen LogP contribution in [0.1, 0.15) is 17.1 Å². The summed E-state index contributed by atoms with van der Waals surface area (Å²) in [6.07, 6.45) is -1.19. The van der Waals surface area contributed by atoms with E-state index in [1.807, 2.05) is 30.3 Å². The Balaban J connectivity index is 1.75. The molecule has 0 aliphatic carbocycles. The van der Waals surface area contributed by atoms with E-state index in [-0.39, 0.29) is 12.4 Å². The minimum Gasteiger partial charge on any atom is -0.465 e. The van der Waals surface area contributed by atoms with Gasteiger partial charge >= 0.3 is 6.09 Å². The van der Waals surface area contributed by atoms with Gasteiger partial charge in [0, 0.05) is 5.56 Å². The topological polar surface area (TPSA) is 138 Å². The van der Waals surface area contributed by atoms with Crippen molar-refractivity contribution in [3.05, 3.63) is 65.6 Å². The van der Waals surface area contributed by atoms with Gasteiger partial charge in [-0.3, -0.25) is 5.32 Å². The molecule has 0 fully saturated rings. The Morgan fingerprint density at radius 2 is 2.04 bits per heavy atom. The molecule has 0 spiro atoms. The Labute approximate surface area is 141 Å². The van der Waals surface area contributed by atoms with Crippen LogP contribution in [0, 0.1) is 0 Å². The molecule has 1 amide bonds.